The summed E-state index contributed by atoms with van der Waals surface area (Å²) in [6.07, 6.45) is 2.19. The maximum Gasteiger partial charge on any atom is 0.0285 e. The van der Waals surface area contributed by atoms with E-state index in [1.165, 1.54) is 9.35 Å². The van der Waals surface area contributed by atoms with Crippen molar-refractivity contribution in [1.82, 2.24) is 5.32 Å². The standard InChI is InChI=1S/C14H25BrN2S/c1-13(2,12-8-11(15)9-18-12)10-17-7-5-6-14(3,4)16/h8-9,17H,5-7,10,16H2,1-4H3. The summed E-state index contributed by atoms with van der Waals surface area (Å²) in [5.41, 5.74) is 6.11. The Balaban J connectivity index is 2.30. The zero-order valence-corrected chi connectivity index (χ0v) is 14.2. The number of hydrogen-bond donors (Lipinski definition) is 2. The van der Waals surface area contributed by atoms with E-state index in [1.807, 2.05) is 11.3 Å². The van der Waals surface area contributed by atoms with Gasteiger partial charge in [0.2, 0.25) is 0 Å². The lowest BCUT2D eigenvalue weighted by atomic mass is 9.91. The van der Waals surface area contributed by atoms with Crippen LogP contribution in [0.1, 0.15) is 45.4 Å². The molecule has 3 N–H and O–H groups in total. The molecule has 0 spiro atoms. The number of thiophene rings is 1. The molecular weight excluding hydrogens is 308 g/mol. The van der Waals surface area contributed by atoms with Crippen molar-refractivity contribution in [2.24, 2.45) is 5.73 Å². The third-order valence-electron chi connectivity index (χ3n) is 2.98. The summed E-state index contributed by atoms with van der Waals surface area (Å²) in [5, 5.41) is 5.69. The van der Waals surface area contributed by atoms with Crippen LogP contribution < -0.4 is 11.1 Å². The first-order chi connectivity index (χ1) is 8.21. The van der Waals surface area contributed by atoms with Crippen molar-refractivity contribution in [1.29, 1.82) is 0 Å². The molecule has 0 fully saturated rings. The number of rotatable bonds is 7. The van der Waals surface area contributed by atoms with Crippen LogP contribution in [0.2, 0.25) is 0 Å². The Bertz CT molecular complexity index is 366. The van der Waals surface area contributed by atoms with Gasteiger partial charge in [0.25, 0.3) is 0 Å². The summed E-state index contributed by atoms with van der Waals surface area (Å²) in [4.78, 5) is 1.42. The SMILES string of the molecule is CC(C)(N)CCCNCC(C)(C)c1cc(Br)cs1. The van der Waals surface area contributed by atoms with Gasteiger partial charge in [-0.05, 0) is 55.2 Å². The smallest absolute Gasteiger partial charge is 0.0285 e. The topological polar surface area (TPSA) is 38.0 Å². The van der Waals surface area contributed by atoms with Crippen molar-refractivity contribution in [3.05, 3.63) is 20.8 Å². The van der Waals surface area contributed by atoms with Gasteiger partial charge in [0.1, 0.15) is 0 Å². The molecule has 1 aromatic rings. The Morgan fingerprint density at radius 2 is 2.00 bits per heavy atom. The van der Waals surface area contributed by atoms with Gasteiger partial charge in [-0.2, -0.15) is 0 Å². The fraction of sp³-hybridized carbons (Fsp3) is 0.714. The van der Waals surface area contributed by atoms with Crippen molar-refractivity contribution in [3.8, 4) is 0 Å². The second kappa shape index (κ2) is 6.51. The van der Waals surface area contributed by atoms with Crippen LogP contribution in [0.15, 0.2) is 15.9 Å². The minimum Gasteiger partial charge on any atom is -0.326 e. The fourth-order valence-electron chi connectivity index (χ4n) is 1.82. The molecule has 0 aromatic carbocycles. The second-order valence-corrected chi connectivity index (χ2v) is 8.11. The molecule has 0 amide bonds. The average molecular weight is 333 g/mol. The molecule has 0 radical (unpaired) electrons. The van der Waals surface area contributed by atoms with E-state index in [2.05, 4.69) is 60.4 Å². The van der Waals surface area contributed by atoms with Crippen molar-refractivity contribution >= 4 is 27.3 Å². The molecule has 18 heavy (non-hydrogen) atoms. The summed E-state index contributed by atoms with van der Waals surface area (Å²) in [6.45, 7) is 10.8. The Hall–Kier alpha value is 0.1000. The molecule has 0 bridgehead atoms. The first-order valence-electron chi connectivity index (χ1n) is 6.45. The first kappa shape index (κ1) is 16.2. The number of halogens is 1. The molecule has 1 heterocycles. The van der Waals surface area contributed by atoms with Gasteiger partial charge in [-0.1, -0.05) is 13.8 Å². The van der Waals surface area contributed by atoms with Gasteiger partial charge in [0, 0.05) is 32.2 Å². The van der Waals surface area contributed by atoms with Crippen molar-refractivity contribution in [2.75, 3.05) is 13.1 Å². The summed E-state index contributed by atoms with van der Waals surface area (Å²) in [6, 6.07) is 2.22. The summed E-state index contributed by atoms with van der Waals surface area (Å²) in [5.74, 6) is 0. The van der Waals surface area contributed by atoms with Gasteiger partial charge >= 0.3 is 0 Å². The summed E-state index contributed by atoms with van der Waals surface area (Å²) < 4.78 is 1.18. The molecule has 0 unspecified atom stereocenters. The summed E-state index contributed by atoms with van der Waals surface area (Å²) >= 11 is 5.33. The zero-order chi connectivity index (χ0) is 13.8. The van der Waals surface area contributed by atoms with Crippen molar-refractivity contribution in [3.63, 3.8) is 0 Å². The molecule has 104 valence electrons. The van der Waals surface area contributed by atoms with E-state index in [0.717, 1.165) is 25.9 Å². The van der Waals surface area contributed by atoms with E-state index in [9.17, 15) is 0 Å². The second-order valence-electron chi connectivity index (χ2n) is 6.28. The monoisotopic (exact) mass is 332 g/mol. The minimum atomic E-state index is -0.0458. The van der Waals surface area contributed by atoms with Gasteiger partial charge in [0.15, 0.2) is 0 Å². The normalized spacial score (nSPS) is 13.0. The highest BCUT2D eigenvalue weighted by molar-refractivity contribution is 9.10. The Labute approximate surface area is 123 Å². The highest BCUT2D eigenvalue weighted by Gasteiger charge is 2.22. The molecule has 0 saturated heterocycles. The van der Waals surface area contributed by atoms with Crippen molar-refractivity contribution < 1.29 is 0 Å². The van der Waals surface area contributed by atoms with E-state index in [1.54, 1.807) is 0 Å². The van der Waals surface area contributed by atoms with Crippen molar-refractivity contribution in [2.45, 2.75) is 51.5 Å². The third-order valence-corrected chi connectivity index (χ3v) is 5.03. The van der Waals surface area contributed by atoms with Gasteiger partial charge in [-0.25, -0.2) is 0 Å². The Kier molecular flexibility index (Phi) is 5.84. The zero-order valence-electron chi connectivity index (χ0n) is 11.8. The predicted molar refractivity (Wildman–Crippen MR) is 85.4 cm³/mol. The molecular formula is C14H25BrN2S. The molecule has 0 aliphatic heterocycles. The summed E-state index contributed by atoms with van der Waals surface area (Å²) in [7, 11) is 0. The Morgan fingerprint density at radius 3 is 2.50 bits per heavy atom. The molecule has 0 atom stereocenters. The molecule has 0 saturated carbocycles. The maximum absolute atomic E-state index is 5.97. The van der Waals surface area contributed by atoms with Crippen LogP contribution in [0.3, 0.4) is 0 Å². The van der Waals surface area contributed by atoms with E-state index in [0.29, 0.717) is 0 Å². The van der Waals surface area contributed by atoms with Gasteiger partial charge < -0.3 is 11.1 Å². The number of nitrogens with two attached hydrogens (primary N) is 1. The van der Waals surface area contributed by atoms with Crippen LogP contribution in [0.5, 0.6) is 0 Å². The van der Waals surface area contributed by atoms with E-state index in [-0.39, 0.29) is 11.0 Å². The maximum atomic E-state index is 5.97. The fourth-order valence-corrected chi connectivity index (χ4v) is 3.38. The highest BCUT2D eigenvalue weighted by atomic mass is 79.9. The average Bonchev–Trinajstić information content (AvgIpc) is 2.63. The molecule has 2 nitrogen and oxygen atoms in total. The van der Waals surface area contributed by atoms with E-state index < -0.39 is 0 Å². The van der Waals surface area contributed by atoms with Crippen LogP contribution in [0, 0.1) is 0 Å². The molecule has 1 rings (SSSR count). The van der Waals surface area contributed by atoms with Crippen LogP contribution in [0.4, 0.5) is 0 Å². The van der Waals surface area contributed by atoms with E-state index >= 15 is 0 Å². The predicted octanol–water partition coefficient (Wildman–Crippen LogP) is 3.90. The quantitative estimate of drug-likeness (QED) is 0.743. The lowest BCUT2D eigenvalue weighted by Crippen LogP contribution is -2.35. The van der Waals surface area contributed by atoms with Gasteiger partial charge in [-0.3, -0.25) is 0 Å². The van der Waals surface area contributed by atoms with Gasteiger partial charge in [0.05, 0.1) is 0 Å². The lowest BCUT2D eigenvalue weighted by molar-refractivity contribution is 0.426. The lowest BCUT2D eigenvalue weighted by Gasteiger charge is -2.24. The molecule has 1 aromatic heterocycles. The minimum absolute atomic E-state index is 0.0458. The molecule has 4 heteroatoms. The van der Waals surface area contributed by atoms with Crippen LogP contribution in [-0.4, -0.2) is 18.6 Å². The number of hydrogen-bond acceptors (Lipinski definition) is 3. The van der Waals surface area contributed by atoms with Gasteiger partial charge in [-0.15, -0.1) is 11.3 Å². The third kappa shape index (κ3) is 5.83. The molecule has 0 aliphatic rings. The van der Waals surface area contributed by atoms with Crippen LogP contribution in [-0.2, 0) is 5.41 Å². The first-order valence-corrected chi connectivity index (χ1v) is 8.12. The largest absolute Gasteiger partial charge is 0.326 e. The Morgan fingerprint density at radius 1 is 1.33 bits per heavy atom. The van der Waals surface area contributed by atoms with Crippen LogP contribution in [0.25, 0.3) is 0 Å². The molecule has 0 aliphatic carbocycles. The number of nitrogens with one attached hydrogen (secondary N) is 1. The van der Waals surface area contributed by atoms with E-state index in [4.69, 9.17) is 5.73 Å². The highest BCUT2D eigenvalue weighted by Crippen LogP contribution is 2.30. The van der Waals surface area contributed by atoms with Crippen LogP contribution >= 0.6 is 27.3 Å².